The van der Waals surface area contributed by atoms with E-state index >= 15 is 0 Å². The van der Waals surface area contributed by atoms with E-state index in [0.29, 0.717) is 0 Å². The van der Waals surface area contributed by atoms with Gasteiger partial charge in [-0.15, -0.1) is 0 Å². The van der Waals surface area contributed by atoms with E-state index in [2.05, 4.69) is 66.4 Å². The van der Waals surface area contributed by atoms with Crippen molar-refractivity contribution < 1.29 is 21.5 Å². The van der Waals surface area contributed by atoms with Gasteiger partial charge in [0.15, 0.2) is 6.20 Å². The molecule has 1 aromatic heterocycles. The number of thioether (sulfide) groups is 1. The molecule has 3 heteroatoms. The van der Waals surface area contributed by atoms with Crippen molar-refractivity contribution in [1.29, 1.82) is 0 Å². The molecule has 0 amide bonds. The van der Waals surface area contributed by atoms with Gasteiger partial charge in [-0.05, 0) is 11.6 Å². The SMILES string of the molecule is C[n+]1ccccc1SCC=Cc1ccccc1.[Br-]. The molecule has 0 radical (unpaired) electrons. The number of hydrogen-bond donors (Lipinski definition) is 0. The summed E-state index contributed by atoms with van der Waals surface area (Å²) in [6.07, 6.45) is 6.44. The molecule has 0 atom stereocenters. The predicted molar refractivity (Wildman–Crippen MR) is 73.8 cm³/mol. The molecule has 0 aliphatic carbocycles. The third kappa shape index (κ3) is 4.67. The largest absolute Gasteiger partial charge is 1.00 e. The van der Waals surface area contributed by atoms with E-state index in [-0.39, 0.29) is 17.0 Å². The van der Waals surface area contributed by atoms with Crippen molar-refractivity contribution in [3.05, 3.63) is 66.4 Å². The topological polar surface area (TPSA) is 3.88 Å². The molecule has 1 heterocycles. The van der Waals surface area contributed by atoms with Gasteiger partial charge >= 0.3 is 0 Å². The minimum atomic E-state index is 0. The van der Waals surface area contributed by atoms with E-state index in [4.69, 9.17) is 0 Å². The smallest absolute Gasteiger partial charge is 0.240 e. The molecule has 2 aromatic rings. The Morgan fingerprint density at radius 3 is 2.50 bits per heavy atom. The number of hydrogen-bond acceptors (Lipinski definition) is 1. The molecule has 0 saturated heterocycles. The van der Waals surface area contributed by atoms with Gasteiger partial charge in [0, 0.05) is 17.9 Å². The lowest BCUT2D eigenvalue weighted by atomic mass is 10.2. The van der Waals surface area contributed by atoms with Gasteiger partial charge in [0.05, 0.1) is 0 Å². The van der Waals surface area contributed by atoms with Crippen LogP contribution >= 0.6 is 11.8 Å². The summed E-state index contributed by atoms with van der Waals surface area (Å²) in [6, 6.07) is 16.6. The minimum Gasteiger partial charge on any atom is -1.00 e. The monoisotopic (exact) mass is 321 g/mol. The highest BCUT2D eigenvalue weighted by Gasteiger charge is 2.02. The van der Waals surface area contributed by atoms with E-state index < -0.39 is 0 Å². The number of aryl methyl sites for hydroxylation is 1. The van der Waals surface area contributed by atoms with Crippen molar-refractivity contribution in [2.45, 2.75) is 5.03 Å². The third-order valence-corrected chi connectivity index (χ3v) is 3.52. The minimum absolute atomic E-state index is 0. The van der Waals surface area contributed by atoms with Gasteiger partial charge in [0.2, 0.25) is 5.03 Å². The average Bonchev–Trinajstić information content (AvgIpc) is 2.38. The Labute approximate surface area is 123 Å². The summed E-state index contributed by atoms with van der Waals surface area (Å²) < 4.78 is 2.14. The molecule has 1 nitrogen and oxygen atoms in total. The van der Waals surface area contributed by atoms with Gasteiger partial charge in [0.1, 0.15) is 7.05 Å². The number of rotatable bonds is 4. The van der Waals surface area contributed by atoms with Crippen LogP contribution in [-0.2, 0) is 7.05 Å². The molecule has 0 aliphatic heterocycles. The van der Waals surface area contributed by atoms with Crippen molar-refractivity contribution in [2.24, 2.45) is 7.05 Å². The van der Waals surface area contributed by atoms with Gasteiger partial charge < -0.3 is 17.0 Å². The van der Waals surface area contributed by atoms with Gasteiger partial charge in [-0.1, -0.05) is 54.2 Å². The lowest BCUT2D eigenvalue weighted by molar-refractivity contribution is -0.708. The number of nitrogens with zero attached hydrogens (tertiary/aromatic N) is 1. The normalized spacial score (nSPS) is 10.3. The summed E-state index contributed by atoms with van der Waals surface area (Å²) in [5.74, 6) is 0.993. The lowest BCUT2D eigenvalue weighted by Gasteiger charge is -1.96. The molecular weight excluding hydrogens is 306 g/mol. The van der Waals surface area contributed by atoms with Crippen LogP contribution < -0.4 is 21.5 Å². The molecule has 0 bridgehead atoms. The third-order valence-electron chi connectivity index (χ3n) is 2.44. The second-order valence-electron chi connectivity index (χ2n) is 3.77. The van der Waals surface area contributed by atoms with Gasteiger partial charge in [0.25, 0.3) is 0 Å². The van der Waals surface area contributed by atoms with Crippen LogP contribution in [0.15, 0.2) is 65.8 Å². The standard InChI is InChI=1S/C15H16NS.BrH/c1-16-12-6-5-11-15(16)17-13-7-10-14-8-3-2-4-9-14;/h2-12H,13H2,1H3;1H/q+1;/p-1. The Kier molecular flexibility index (Phi) is 6.76. The summed E-state index contributed by atoms with van der Waals surface area (Å²) in [5.41, 5.74) is 1.26. The second-order valence-corrected chi connectivity index (χ2v) is 4.81. The second kappa shape index (κ2) is 8.11. The van der Waals surface area contributed by atoms with Crippen LogP contribution in [0.5, 0.6) is 0 Å². The number of pyridine rings is 1. The highest BCUT2D eigenvalue weighted by atomic mass is 79.9. The molecule has 0 aliphatic rings. The Balaban J connectivity index is 0.00000162. The number of benzene rings is 1. The molecule has 0 unspecified atom stereocenters. The Morgan fingerprint density at radius 1 is 1.06 bits per heavy atom. The summed E-state index contributed by atoms with van der Waals surface area (Å²) >= 11 is 1.84. The van der Waals surface area contributed by atoms with Gasteiger partial charge in [-0.25, -0.2) is 0 Å². The van der Waals surface area contributed by atoms with E-state index in [9.17, 15) is 0 Å². The first kappa shape index (κ1) is 15.0. The van der Waals surface area contributed by atoms with E-state index in [1.807, 2.05) is 23.9 Å². The Morgan fingerprint density at radius 2 is 1.78 bits per heavy atom. The van der Waals surface area contributed by atoms with Crippen LogP contribution in [-0.4, -0.2) is 5.75 Å². The molecule has 0 N–H and O–H groups in total. The number of halogens is 1. The highest BCUT2D eigenvalue weighted by molar-refractivity contribution is 7.99. The van der Waals surface area contributed by atoms with Crippen LogP contribution in [0.2, 0.25) is 0 Å². The summed E-state index contributed by atoms with van der Waals surface area (Å²) in [6.45, 7) is 0. The van der Waals surface area contributed by atoms with Crippen molar-refractivity contribution in [1.82, 2.24) is 0 Å². The zero-order valence-electron chi connectivity index (χ0n) is 10.3. The summed E-state index contributed by atoms with van der Waals surface area (Å²) in [5, 5.41) is 1.28. The molecule has 2 rings (SSSR count). The van der Waals surface area contributed by atoms with E-state index in [1.165, 1.54) is 10.6 Å². The molecular formula is C15H16BrNS. The quantitative estimate of drug-likeness (QED) is 0.579. The zero-order chi connectivity index (χ0) is 11.9. The van der Waals surface area contributed by atoms with Crippen LogP contribution in [0.1, 0.15) is 5.56 Å². The predicted octanol–water partition coefficient (Wildman–Crippen LogP) is 0.321. The maximum Gasteiger partial charge on any atom is 0.240 e. The molecule has 0 saturated carbocycles. The average molecular weight is 322 g/mol. The summed E-state index contributed by atoms with van der Waals surface area (Å²) in [4.78, 5) is 0. The molecule has 94 valence electrons. The first-order valence-electron chi connectivity index (χ1n) is 5.65. The fourth-order valence-corrected chi connectivity index (χ4v) is 2.34. The van der Waals surface area contributed by atoms with Crippen LogP contribution in [0.3, 0.4) is 0 Å². The zero-order valence-corrected chi connectivity index (χ0v) is 12.7. The van der Waals surface area contributed by atoms with Crippen molar-refractivity contribution >= 4 is 17.8 Å². The maximum atomic E-state index is 2.20. The maximum absolute atomic E-state index is 2.20. The highest BCUT2D eigenvalue weighted by Crippen LogP contribution is 2.13. The van der Waals surface area contributed by atoms with E-state index in [0.717, 1.165) is 5.75 Å². The first-order chi connectivity index (χ1) is 8.36. The van der Waals surface area contributed by atoms with Gasteiger partial charge in [-0.3, -0.25) is 0 Å². The Bertz CT molecular complexity index is 497. The molecule has 0 spiro atoms. The fraction of sp³-hybridized carbons (Fsp3) is 0.133. The van der Waals surface area contributed by atoms with Crippen molar-refractivity contribution in [2.75, 3.05) is 5.75 Å². The number of aromatic nitrogens is 1. The molecule has 18 heavy (non-hydrogen) atoms. The van der Waals surface area contributed by atoms with Crippen molar-refractivity contribution in [3.63, 3.8) is 0 Å². The molecule has 0 fully saturated rings. The van der Waals surface area contributed by atoms with Crippen LogP contribution in [0.4, 0.5) is 0 Å². The summed E-state index contributed by atoms with van der Waals surface area (Å²) in [7, 11) is 2.07. The lowest BCUT2D eigenvalue weighted by Crippen LogP contribution is -3.00. The molecule has 1 aromatic carbocycles. The van der Waals surface area contributed by atoms with Gasteiger partial charge in [-0.2, -0.15) is 4.57 Å². The Hall–Kier alpha value is -1.06. The van der Waals surface area contributed by atoms with Crippen LogP contribution in [0, 0.1) is 0 Å². The van der Waals surface area contributed by atoms with Crippen LogP contribution in [0.25, 0.3) is 6.08 Å². The van der Waals surface area contributed by atoms with Crippen molar-refractivity contribution in [3.8, 4) is 0 Å². The van der Waals surface area contributed by atoms with E-state index in [1.54, 1.807) is 0 Å². The fourth-order valence-electron chi connectivity index (χ4n) is 1.54. The first-order valence-corrected chi connectivity index (χ1v) is 6.64.